The maximum absolute atomic E-state index is 12.3. The van der Waals surface area contributed by atoms with E-state index in [1.165, 1.54) is 11.3 Å². The second-order valence-corrected chi connectivity index (χ2v) is 7.26. The van der Waals surface area contributed by atoms with Crippen LogP contribution in [0.15, 0.2) is 60.7 Å². The molecule has 0 unspecified atom stereocenters. The zero-order chi connectivity index (χ0) is 19.8. The average Bonchev–Trinajstić information content (AvgIpc) is 3.10. The quantitative estimate of drug-likeness (QED) is 0.572. The fourth-order valence-electron chi connectivity index (χ4n) is 2.77. The highest BCUT2D eigenvalue weighted by Gasteiger charge is 2.18. The van der Waals surface area contributed by atoms with E-state index >= 15 is 0 Å². The Morgan fingerprint density at radius 1 is 1.04 bits per heavy atom. The van der Waals surface area contributed by atoms with Gasteiger partial charge in [-0.3, -0.25) is 9.59 Å². The van der Waals surface area contributed by atoms with Gasteiger partial charge in [0.2, 0.25) is 5.91 Å². The van der Waals surface area contributed by atoms with Crippen LogP contribution >= 0.6 is 11.3 Å². The Morgan fingerprint density at radius 3 is 2.39 bits per heavy atom. The van der Waals surface area contributed by atoms with E-state index in [0.717, 1.165) is 16.0 Å². The SMILES string of the molecule is CCOC(=O)Cc1sc(NC(=O)CCc2ccccc2)nc1-c1ccccc1. The van der Waals surface area contributed by atoms with Crippen LogP contribution in [0, 0.1) is 0 Å². The lowest BCUT2D eigenvalue weighted by Crippen LogP contribution is -2.12. The monoisotopic (exact) mass is 394 g/mol. The summed E-state index contributed by atoms with van der Waals surface area (Å²) in [4.78, 5) is 29.6. The van der Waals surface area contributed by atoms with Gasteiger partial charge in [-0.2, -0.15) is 0 Å². The summed E-state index contributed by atoms with van der Waals surface area (Å²) >= 11 is 1.31. The maximum Gasteiger partial charge on any atom is 0.311 e. The number of esters is 1. The summed E-state index contributed by atoms with van der Waals surface area (Å²) in [6.45, 7) is 2.11. The van der Waals surface area contributed by atoms with Crippen LogP contribution in [-0.4, -0.2) is 23.5 Å². The molecule has 3 aromatic rings. The fraction of sp³-hybridized carbons (Fsp3) is 0.227. The Hall–Kier alpha value is -2.99. The summed E-state index contributed by atoms with van der Waals surface area (Å²) in [5.74, 6) is -0.398. The lowest BCUT2D eigenvalue weighted by atomic mass is 10.1. The van der Waals surface area contributed by atoms with Crippen molar-refractivity contribution in [2.45, 2.75) is 26.2 Å². The number of benzene rings is 2. The Kier molecular flexibility index (Phi) is 6.92. The van der Waals surface area contributed by atoms with E-state index in [1.807, 2.05) is 60.7 Å². The van der Waals surface area contributed by atoms with Crippen molar-refractivity contribution in [1.29, 1.82) is 0 Å². The fourth-order valence-corrected chi connectivity index (χ4v) is 3.76. The first kappa shape index (κ1) is 19.8. The largest absolute Gasteiger partial charge is 0.466 e. The number of carbonyl (C=O) groups is 2. The van der Waals surface area contributed by atoms with E-state index in [0.29, 0.717) is 30.3 Å². The molecule has 1 heterocycles. The van der Waals surface area contributed by atoms with Crippen molar-refractivity contribution in [1.82, 2.24) is 4.98 Å². The summed E-state index contributed by atoms with van der Waals surface area (Å²) in [5.41, 5.74) is 2.73. The first-order chi connectivity index (χ1) is 13.7. The highest BCUT2D eigenvalue weighted by atomic mass is 32.1. The molecule has 2 aromatic carbocycles. The zero-order valence-electron chi connectivity index (χ0n) is 15.7. The molecule has 0 spiro atoms. The predicted molar refractivity (Wildman–Crippen MR) is 111 cm³/mol. The van der Waals surface area contributed by atoms with Crippen molar-refractivity contribution in [2.75, 3.05) is 11.9 Å². The first-order valence-electron chi connectivity index (χ1n) is 9.20. The van der Waals surface area contributed by atoms with Crippen LogP contribution in [-0.2, 0) is 27.2 Å². The number of hydrogen-bond acceptors (Lipinski definition) is 5. The van der Waals surface area contributed by atoms with Gasteiger partial charge >= 0.3 is 5.97 Å². The van der Waals surface area contributed by atoms with Gasteiger partial charge in [0, 0.05) is 16.9 Å². The molecular formula is C22H22N2O3S. The average molecular weight is 394 g/mol. The number of rotatable bonds is 8. The highest BCUT2D eigenvalue weighted by molar-refractivity contribution is 7.16. The molecule has 3 rings (SSSR count). The van der Waals surface area contributed by atoms with E-state index in [-0.39, 0.29) is 18.3 Å². The number of nitrogens with one attached hydrogen (secondary N) is 1. The van der Waals surface area contributed by atoms with Gasteiger partial charge in [-0.15, -0.1) is 11.3 Å². The second kappa shape index (κ2) is 9.80. The Morgan fingerprint density at radius 2 is 1.71 bits per heavy atom. The van der Waals surface area contributed by atoms with Gasteiger partial charge in [0.25, 0.3) is 0 Å². The van der Waals surface area contributed by atoms with Gasteiger partial charge in [-0.05, 0) is 18.9 Å². The Labute approximate surface area is 168 Å². The second-order valence-electron chi connectivity index (χ2n) is 6.17. The minimum absolute atomic E-state index is 0.0973. The topological polar surface area (TPSA) is 68.3 Å². The summed E-state index contributed by atoms with van der Waals surface area (Å²) in [6, 6.07) is 19.5. The van der Waals surface area contributed by atoms with Crippen molar-refractivity contribution >= 4 is 28.3 Å². The number of carbonyl (C=O) groups excluding carboxylic acids is 2. The molecule has 28 heavy (non-hydrogen) atoms. The summed E-state index contributed by atoms with van der Waals surface area (Å²) in [5, 5.41) is 3.36. The van der Waals surface area contributed by atoms with Crippen LogP contribution in [0.4, 0.5) is 5.13 Å². The maximum atomic E-state index is 12.3. The highest BCUT2D eigenvalue weighted by Crippen LogP contribution is 2.32. The lowest BCUT2D eigenvalue weighted by Gasteiger charge is -2.02. The molecule has 5 nitrogen and oxygen atoms in total. The summed E-state index contributed by atoms with van der Waals surface area (Å²) in [7, 11) is 0. The number of aryl methyl sites for hydroxylation is 1. The number of anilines is 1. The summed E-state index contributed by atoms with van der Waals surface area (Å²) < 4.78 is 5.07. The molecule has 0 bridgehead atoms. The first-order valence-corrected chi connectivity index (χ1v) is 10.0. The predicted octanol–water partition coefficient (Wildman–Crippen LogP) is 4.49. The van der Waals surface area contributed by atoms with Crippen LogP contribution < -0.4 is 5.32 Å². The number of nitrogens with zero attached hydrogens (tertiary/aromatic N) is 1. The van der Waals surface area contributed by atoms with Crippen LogP contribution in [0.3, 0.4) is 0 Å². The minimum atomic E-state index is -0.301. The molecule has 6 heteroatoms. The van der Waals surface area contributed by atoms with Gasteiger partial charge in [0.1, 0.15) is 0 Å². The molecule has 0 aliphatic carbocycles. The molecule has 0 saturated heterocycles. The normalized spacial score (nSPS) is 10.5. The van der Waals surface area contributed by atoms with E-state index in [2.05, 4.69) is 10.3 Å². The van der Waals surface area contributed by atoms with Crippen molar-refractivity contribution in [2.24, 2.45) is 0 Å². The molecule has 1 N–H and O–H groups in total. The third kappa shape index (κ3) is 5.50. The van der Waals surface area contributed by atoms with E-state index in [4.69, 9.17) is 4.74 Å². The van der Waals surface area contributed by atoms with Crippen molar-refractivity contribution < 1.29 is 14.3 Å². The molecule has 0 atom stereocenters. The number of ether oxygens (including phenoxy) is 1. The van der Waals surface area contributed by atoms with Crippen LogP contribution in [0.5, 0.6) is 0 Å². The molecule has 0 radical (unpaired) electrons. The van der Waals surface area contributed by atoms with Crippen molar-refractivity contribution in [3.8, 4) is 11.3 Å². The smallest absolute Gasteiger partial charge is 0.311 e. The third-order valence-corrected chi connectivity index (χ3v) is 5.06. The molecular weight excluding hydrogens is 372 g/mol. The van der Waals surface area contributed by atoms with Gasteiger partial charge in [0.15, 0.2) is 5.13 Å². The Bertz CT molecular complexity index is 923. The molecule has 1 amide bonds. The molecule has 0 fully saturated rings. The summed E-state index contributed by atoms with van der Waals surface area (Å²) in [6.07, 6.45) is 1.17. The van der Waals surface area contributed by atoms with Crippen molar-refractivity contribution in [3.05, 3.63) is 71.1 Å². The van der Waals surface area contributed by atoms with Gasteiger partial charge in [-0.25, -0.2) is 4.98 Å². The van der Waals surface area contributed by atoms with Crippen LogP contribution in [0.2, 0.25) is 0 Å². The number of aromatic nitrogens is 1. The number of thiazole rings is 1. The zero-order valence-corrected chi connectivity index (χ0v) is 16.5. The van der Waals surface area contributed by atoms with Crippen LogP contribution in [0.25, 0.3) is 11.3 Å². The van der Waals surface area contributed by atoms with Crippen LogP contribution in [0.1, 0.15) is 23.8 Å². The molecule has 0 aliphatic rings. The lowest BCUT2D eigenvalue weighted by molar-refractivity contribution is -0.142. The number of hydrogen-bond donors (Lipinski definition) is 1. The van der Waals surface area contributed by atoms with E-state index in [1.54, 1.807) is 6.92 Å². The molecule has 0 saturated carbocycles. The van der Waals surface area contributed by atoms with Gasteiger partial charge in [0.05, 0.1) is 18.7 Å². The van der Waals surface area contributed by atoms with Gasteiger partial charge < -0.3 is 10.1 Å². The Balaban J connectivity index is 1.72. The molecule has 144 valence electrons. The van der Waals surface area contributed by atoms with E-state index < -0.39 is 0 Å². The minimum Gasteiger partial charge on any atom is -0.466 e. The molecule has 1 aromatic heterocycles. The third-order valence-electron chi connectivity index (χ3n) is 4.08. The van der Waals surface area contributed by atoms with E-state index in [9.17, 15) is 9.59 Å². The van der Waals surface area contributed by atoms with Gasteiger partial charge in [-0.1, -0.05) is 60.7 Å². The standard InChI is InChI=1S/C22H22N2O3S/c1-2-27-20(26)15-18-21(17-11-7-4-8-12-17)24-22(28-18)23-19(25)14-13-16-9-5-3-6-10-16/h3-12H,2,13-15H2,1H3,(H,23,24,25). The van der Waals surface area contributed by atoms with Crippen molar-refractivity contribution in [3.63, 3.8) is 0 Å². The molecule has 0 aliphatic heterocycles. The number of amides is 1.